The van der Waals surface area contributed by atoms with Crippen LogP contribution in [-0.4, -0.2) is 18.7 Å². The predicted octanol–water partition coefficient (Wildman–Crippen LogP) is 5.38. The van der Waals surface area contributed by atoms with Crippen LogP contribution in [0.3, 0.4) is 0 Å². The molecule has 8 nitrogen and oxygen atoms in total. The van der Waals surface area contributed by atoms with E-state index in [1.54, 1.807) is 37.3 Å². The first kappa shape index (κ1) is 27.3. The number of anilines is 3. The van der Waals surface area contributed by atoms with E-state index < -0.39 is 22.6 Å². The number of aromatic nitrogens is 3. The van der Waals surface area contributed by atoms with Crippen molar-refractivity contribution in [2.45, 2.75) is 39.7 Å². The first-order valence-electron chi connectivity index (χ1n) is 12.5. The molecule has 0 atom stereocenters. The Morgan fingerprint density at radius 2 is 1.82 bits per heavy atom. The Hall–Kier alpha value is -3.32. The van der Waals surface area contributed by atoms with Crippen LogP contribution >= 0.6 is 34.8 Å². The number of halogens is 2. The third-order valence-electron chi connectivity index (χ3n) is 6.84. The number of rotatable bonds is 6. The van der Waals surface area contributed by atoms with Crippen molar-refractivity contribution in [2.75, 3.05) is 10.6 Å². The summed E-state index contributed by atoms with van der Waals surface area (Å²) in [4.78, 5) is 41.9. The van der Waals surface area contributed by atoms with Gasteiger partial charge in [-0.25, -0.2) is 9.18 Å². The molecule has 1 fully saturated rings. The summed E-state index contributed by atoms with van der Waals surface area (Å²) in [7, 11) is 1.52. The highest BCUT2D eigenvalue weighted by Gasteiger charge is 2.31. The van der Waals surface area contributed by atoms with Crippen molar-refractivity contribution in [3.05, 3.63) is 88.6 Å². The molecule has 0 amide bonds. The molecule has 1 saturated carbocycles. The van der Waals surface area contributed by atoms with E-state index >= 15 is 0 Å². The van der Waals surface area contributed by atoms with Crippen molar-refractivity contribution in [1.82, 2.24) is 13.7 Å². The minimum absolute atomic E-state index is 0.110. The molecule has 0 radical (unpaired) electrons. The number of benzene rings is 2. The van der Waals surface area contributed by atoms with E-state index in [-0.39, 0.29) is 39.9 Å². The largest absolute Gasteiger partial charge is 0.350 e. The number of fused-ring (bicyclic) bond motifs is 1. The Balaban J connectivity index is 1.85. The average molecular weight is 660 g/mol. The highest BCUT2D eigenvalue weighted by atomic mass is 127. The third-order valence-corrected chi connectivity index (χ3v) is 8.08. The van der Waals surface area contributed by atoms with Gasteiger partial charge in [-0.2, -0.15) is 0 Å². The molecule has 1 aliphatic carbocycles. The van der Waals surface area contributed by atoms with Gasteiger partial charge in [0.15, 0.2) is 0 Å². The minimum Gasteiger partial charge on any atom is -0.350 e. The lowest BCUT2D eigenvalue weighted by Crippen LogP contribution is -2.41. The summed E-state index contributed by atoms with van der Waals surface area (Å²) < 4.78 is 19.5. The summed E-state index contributed by atoms with van der Waals surface area (Å²) in [5.74, 6) is -0.299. The highest BCUT2D eigenvalue weighted by molar-refractivity contribution is 14.1. The lowest BCUT2D eigenvalue weighted by atomic mass is 10.1. The lowest BCUT2D eigenvalue weighted by Gasteiger charge is -2.21. The maximum atomic E-state index is 14.9. The van der Waals surface area contributed by atoms with E-state index in [4.69, 9.17) is 12.2 Å². The quantitative estimate of drug-likeness (QED) is 0.214. The van der Waals surface area contributed by atoms with Crippen molar-refractivity contribution in [1.29, 1.82) is 0 Å². The summed E-state index contributed by atoms with van der Waals surface area (Å²) in [6, 6.07) is 11.5. The Labute approximate surface area is 242 Å². The third kappa shape index (κ3) is 4.93. The predicted molar refractivity (Wildman–Crippen MR) is 166 cm³/mol. The van der Waals surface area contributed by atoms with Crippen LogP contribution in [0.25, 0.3) is 16.6 Å². The summed E-state index contributed by atoms with van der Waals surface area (Å²) in [5.41, 5.74) is 0.214. The fourth-order valence-corrected chi connectivity index (χ4v) is 5.15. The zero-order valence-electron chi connectivity index (χ0n) is 21.8. The van der Waals surface area contributed by atoms with Gasteiger partial charge in [0.2, 0.25) is 0 Å². The van der Waals surface area contributed by atoms with Gasteiger partial charge in [0.1, 0.15) is 17.0 Å². The molecule has 2 heterocycles. The number of aryl methyl sites for hydroxylation is 1. The molecule has 0 aliphatic heterocycles. The first-order chi connectivity index (χ1) is 18.5. The standard InChI is InChI=1S/C28H27FIN5O3S/c1-14(2)25(39)31-17-6-5-7-19(13-17)34-23-15(3)26(36)33(4)24(32-21-11-8-16(30)12-20(21)29)22(23)27(37)35(28(34)38)18-9-10-18/h5-8,11-14,18,32H,9-10H2,1-4H3,(H,31,39). The van der Waals surface area contributed by atoms with E-state index in [0.29, 0.717) is 32.8 Å². The smallest absolute Gasteiger partial charge is 0.336 e. The normalized spacial score (nSPS) is 13.2. The first-order valence-corrected chi connectivity index (χ1v) is 14.0. The maximum absolute atomic E-state index is 14.9. The molecule has 202 valence electrons. The maximum Gasteiger partial charge on any atom is 0.336 e. The van der Waals surface area contributed by atoms with Crippen LogP contribution in [0.15, 0.2) is 56.8 Å². The van der Waals surface area contributed by atoms with Crippen LogP contribution < -0.4 is 27.4 Å². The Morgan fingerprint density at radius 3 is 2.46 bits per heavy atom. The molecule has 0 unspecified atom stereocenters. The van der Waals surface area contributed by atoms with Gasteiger partial charge in [0, 0.05) is 33.8 Å². The molecule has 2 aromatic heterocycles. The fourth-order valence-electron chi connectivity index (χ4n) is 4.58. The molecule has 4 aromatic rings. The van der Waals surface area contributed by atoms with Crippen molar-refractivity contribution in [3.8, 4) is 5.69 Å². The van der Waals surface area contributed by atoms with E-state index in [1.807, 2.05) is 42.5 Å². The second-order valence-electron chi connectivity index (χ2n) is 10.0. The monoisotopic (exact) mass is 659 g/mol. The van der Waals surface area contributed by atoms with E-state index in [0.717, 1.165) is 0 Å². The fraction of sp³-hybridized carbons (Fsp3) is 0.286. The van der Waals surface area contributed by atoms with Crippen molar-refractivity contribution in [2.24, 2.45) is 13.0 Å². The number of hydrogen-bond acceptors (Lipinski definition) is 5. The molecule has 0 spiro atoms. The van der Waals surface area contributed by atoms with Gasteiger partial charge in [0.25, 0.3) is 11.1 Å². The van der Waals surface area contributed by atoms with E-state index in [1.165, 1.54) is 26.8 Å². The molecular formula is C28H27FIN5O3S. The lowest BCUT2D eigenvalue weighted by molar-refractivity contribution is 0.630. The number of pyridine rings is 1. The molecule has 11 heteroatoms. The van der Waals surface area contributed by atoms with Gasteiger partial charge in [-0.3, -0.25) is 23.3 Å². The number of nitrogens with one attached hydrogen (secondary N) is 2. The highest BCUT2D eigenvalue weighted by Crippen LogP contribution is 2.34. The van der Waals surface area contributed by atoms with Crippen molar-refractivity contribution < 1.29 is 4.39 Å². The average Bonchev–Trinajstić information content (AvgIpc) is 3.72. The second-order valence-corrected chi connectivity index (χ2v) is 11.7. The number of nitrogens with zero attached hydrogens (tertiary/aromatic N) is 3. The molecule has 2 aromatic carbocycles. The van der Waals surface area contributed by atoms with Gasteiger partial charge in [-0.05, 0) is 78.8 Å². The molecule has 2 N–H and O–H groups in total. The topological polar surface area (TPSA) is 90.1 Å². The summed E-state index contributed by atoms with van der Waals surface area (Å²) in [6.45, 7) is 5.55. The summed E-state index contributed by atoms with van der Waals surface area (Å²) >= 11 is 7.45. The van der Waals surface area contributed by atoms with Crippen LogP contribution in [0.5, 0.6) is 0 Å². The van der Waals surface area contributed by atoms with Crippen LogP contribution in [0.2, 0.25) is 0 Å². The Morgan fingerprint density at radius 1 is 1.10 bits per heavy atom. The van der Waals surface area contributed by atoms with Crippen LogP contribution in [0, 0.1) is 22.2 Å². The Kier molecular flexibility index (Phi) is 7.23. The SMILES string of the molecule is Cc1c(=O)n(C)c(Nc2ccc(I)cc2F)c2c(=O)n(C3CC3)c(=O)n(-c3cccc(NC(=S)C(C)C)c3)c12. The van der Waals surface area contributed by atoms with Gasteiger partial charge in [-0.1, -0.05) is 32.1 Å². The molecule has 0 bridgehead atoms. The molecule has 1 aliphatic rings. The molecular weight excluding hydrogens is 632 g/mol. The van der Waals surface area contributed by atoms with E-state index in [2.05, 4.69) is 10.6 Å². The van der Waals surface area contributed by atoms with Crippen LogP contribution in [-0.2, 0) is 7.05 Å². The zero-order valence-corrected chi connectivity index (χ0v) is 24.8. The summed E-state index contributed by atoms with van der Waals surface area (Å²) in [5, 5.41) is 6.31. The van der Waals surface area contributed by atoms with Crippen molar-refractivity contribution in [3.63, 3.8) is 0 Å². The van der Waals surface area contributed by atoms with Crippen LogP contribution in [0.4, 0.5) is 21.6 Å². The van der Waals surface area contributed by atoms with Gasteiger partial charge in [0.05, 0.1) is 21.9 Å². The number of thiocarbonyl (C=S) groups is 1. The molecule has 5 rings (SSSR count). The Bertz CT molecular complexity index is 1840. The van der Waals surface area contributed by atoms with Gasteiger partial charge < -0.3 is 10.6 Å². The summed E-state index contributed by atoms with van der Waals surface area (Å²) in [6.07, 6.45) is 1.40. The van der Waals surface area contributed by atoms with E-state index in [9.17, 15) is 18.8 Å². The number of hydrogen-bond donors (Lipinski definition) is 2. The molecule has 0 saturated heterocycles. The van der Waals surface area contributed by atoms with Gasteiger partial charge >= 0.3 is 5.69 Å². The molecule has 39 heavy (non-hydrogen) atoms. The van der Waals surface area contributed by atoms with Gasteiger partial charge in [-0.15, -0.1) is 0 Å². The second kappa shape index (κ2) is 10.3. The minimum atomic E-state index is -0.529. The van der Waals surface area contributed by atoms with Crippen LogP contribution in [0.1, 0.15) is 38.3 Å². The zero-order chi connectivity index (χ0) is 28.2. The van der Waals surface area contributed by atoms with Crippen molar-refractivity contribution >= 4 is 67.9 Å².